The second-order valence-corrected chi connectivity index (χ2v) is 2.39. The molecule has 8 heavy (non-hydrogen) atoms. The van der Waals surface area contributed by atoms with Gasteiger partial charge in [0.15, 0.2) is 0 Å². The van der Waals surface area contributed by atoms with Crippen LogP contribution in [0.15, 0.2) is 0 Å². The molecule has 1 fully saturated rings. The van der Waals surface area contributed by atoms with Crippen LogP contribution >= 0.6 is 0 Å². The van der Waals surface area contributed by atoms with Crippen LogP contribution in [0.3, 0.4) is 0 Å². The predicted octanol–water partition coefficient (Wildman–Crippen LogP) is -0.349. The van der Waals surface area contributed by atoms with Gasteiger partial charge in [0.05, 0.1) is 0 Å². The number of hydrogen-bond donors (Lipinski definition) is 0. The molecule has 0 aromatic heterocycles. The van der Waals surface area contributed by atoms with Gasteiger partial charge in [0.1, 0.15) is 0 Å². The van der Waals surface area contributed by atoms with Gasteiger partial charge in [-0.25, -0.2) is 0 Å². The van der Waals surface area contributed by atoms with E-state index in [0.29, 0.717) is 0 Å². The fourth-order valence-electron chi connectivity index (χ4n) is 1.13. The molecule has 1 heteroatoms. The molecule has 0 nitrogen and oxygen atoms in total. The number of rotatable bonds is 0. The molecule has 0 amide bonds. The van der Waals surface area contributed by atoms with Crippen LogP contribution in [-0.2, 0) is 0 Å². The van der Waals surface area contributed by atoms with Crippen LogP contribution in [0.5, 0.6) is 0 Å². The summed E-state index contributed by atoms with van der Waals surface area (Å²) < 4.78 is 0. The Labute approximate surface area is 65.2 Å². The smallest absolute Gasteiger partial charge is 0.358 e. The molecule has 0 radical (unpaired) electrons. The van der Waals surface area contributed by atoms with Crippen molar-refractivity contribution in [2.75, 3.05) is 0 Å². The zero-order chi connectivity index (χ0) is 4.41. The van der Waals surface area contributed by atoms with Crippen LogP contribution in [-0.4, -0.2) is 0 Å². The molecule has 0 aromatic carbocycles. The zero-order valence-corrected chi connectivity index (χ0v) is 6.41. The molecule has 1 rings (SSSR count). The van der Waals surface area contributed by atoms with E-state index in [2.05, 4.69) is 6.92 Å². The van der Waals surface area contributed by atoms with Gasteiger partial charge in [-0.15, -0.1) is 0 Å². The molecule has 0 spiro atoms. The molecular formula is C7H15Li. The molecule has 1 aliphatic carbocycles. The fraction of sp³-hybridized carbons (Fsp3) is 0.857. The Hall–Kier alpha value is 0.597. The van der Waals surface area contributed by atoms with E-state index in [0.717, 1.165) is 5.92 Å². The molecule has 0 heterocycles. The Morgan fingerprint density at radius 2 is 1.50 bits per heavy atom. The molecule has 0 saturated heterocycles. The first-order valence-electron chi connectivity index (χ1n) is 2.89. The summed E-state index contributed by atoms with van der Waals surface area (Å²) in [6.45, 7) is 2.34. The van der Waals surface area contributed by atoms with Gasteiger partial charge in [-0.1, -0.05) is 32.6 Å². The fourth-order valence-corrected chi connectivity index (χ4v) is 1.13. The minimum atomic E-state index is 0. The second kappa shape index (κ2) is 5.73. The van der Waals surface area contributed by atoms with Crippen LogP contribution in [0, 0.1) is 13.3 Å². The summed E-state index contributed by atoms with van der Waals surface area (Å²) in [5, 5.41) is 0. The minimum absolute atomic E-state index is 0. The topological polar surface area (TPSA) is 0 Å². The maximum Gasteiger partial charge on any atom is 1.00 e. The van der Waals surface area contributed by atoms with E-state index in [1.165, 1.54) is 25.7 Å². The molecule has 0 unspecified atom stereocenters. The molecule has 0 N–H and O–H groups in total. The van der Waals surface area contributed by atoms with Crippen molar-refractivity contribution in [3.63, 3.8) is 0 Å². The molecule has 1 aliphatic rings. The first-order chi connectivity index (χ1) is 2.89. The Morgan fingerprint density at radius 3 is 1.62 bits per heavy atom. The minimum Gasteiger partial charge on any atom is -0.358 e. The second-order valence-electron chi connectivity index (χ2n) is 2.39. The van der Waals surface area contributed by atoms with Crippen LogP contribution in [0.25, 0.3) is 0 Å². The van der Waals surface area contributed by atoms with Gasteiger partial charge in [0.25, 0.3) is 0 Å². The van der Waals surface area contributed by atoms with E-state index >= 15 is 0 Å². The Kier molecular flexibility index (Phi) is 8.16. The van der Waals surface area contributed by atoms with E-state index in [4.69, 9.17) is 0 Å². The summed E-state index contributed by atoms with van der Waals surface area (Å²) in [5.74, 6) is 1.05. The summed E-state index contributed by atoms with van der Waals surface area (Å²) in [7, 11) is 0. The summed E-state index contributed by atoms with van der Waals surface area (Å²) >= 11 is 0. The van der Waals surface area contributed by atoms with Crippen molar-refractivity contribution >= 4 is 0 Å². The van der Waals surface area contributed by atoms with Crippen LogP contribution in [0.4, 0.5) is 0 Å². The first kappa shape index (κ1) is 11.4. The molecule has 1 saturated carbocycles. The van der Waals surface area contributed by atoms with E-state index in [1.807, 2.05) is 0 Å². The van der Waals surface area contributed by atoms with Crippen molar-refractivity contribution in [1.82, 2.24) is 0 Å². The maximum absolute atomic E-state index is 2.34. The van der Waals surface area contributed by atoms with E-state index in [1.54, 1.807) is 0 Å². The van der Waals surface area contributed by atoms with Crippen molar-refractivity contribution < 1.29 is 18.9 Å². The van der Waals surface area contributed by atoms with Crippen molar-refractivity contribution in [2.24, 2.45) is 5.92 Å². The van der Waals surface area contributed by atoms with Gasteiger partial charge in [0, 0.05) is 0 Å². The van der Waals surface area contributed by atoms with Crippen LogP contribution in [0.1, 0.15) is 32.6 Å². The molecule has 0 bridgehead atoms. The van der Waals surface area contributed by atoms with Crippen molar-refractivity contribution in [3.8, 4) is 0 Å². The monoisotopic (exact) mass is 106 g/mol. The molecule has 44 valence electrons. The predicted molar refractivity (Wildman–Crippen MR) is 34.0 cm³/mol. The Morgan fingerprint density at radius 1 is 1.12 bits per heavy atom. The third-order valence-corrected chi connectivity index (χ3v) is 1.64. The normalized spacial score (nSPS) is 19.1. The summed E-state index contributed by atoms with van der Waals surface area (Å²) in [6, 6.07) is 0. The van der Waals surface area contributed by atoms with Gasteiger partial charge in [-0.05, 0) is 5.92 Å². The van der Waals surface area contributed by atoms with E-state index < -0.39 is 0 Å². The summed E-state index contributed by atoms with van der Waals surface area (Å²) in [5.41, 5.74) is 0. The van der Waals surface area contributed by atoms with Gasteiger partial charge in [-0.3, -0.25) is 0 Å². The van der Waals surface area contributed by atoms with Gasteiger partial charge in [0.2, 0.25) is 0 Å². The number of hydrogen-bond acceptors (Lipinski definition) is 0. The molecular weight excluding hydrogens is 91.0 g/mol. The van der Waals surface area contributed by atoms with Gasteiger partial charge >= 0.3 is 18.9 Å². The molecule has 0 atom stereocenters. The Bertz CT molecular complexity index is 37.7. The largest absolute Gasteiger partial charge is 1.00 e. The first-order valence-corrected chi connectivity index (χ1v) is 2.89. The van der Waals surface area contributed by atoms with Crippen molar-refractivity contribution in [2.45, 2.75) is 32.6 Å². The maximum atomic E-state index is 2.34. The molecule has 0 aliphatic heterocycles. The van der Waals surface area contributed by atoms with E-state index in [-0.39, 0.29) is 26.3 Å². The van der Waals surface area contributed by atoms with Crippen molar-refractivity contribution in [3.05, 3.63) is 7.43 Å². The summed E-state index contributed by atoms with van der Waals surface area (Å²) in [6.07, 6.45) is 5.95. The average Bonchev–Trinajstić information content (AvgIpc) is 1.86. The standard InChI is InChI=1S/C6H12.CH3.Li/c1-6-4-2-3-5-6;;/h6H,2-5H2,1H3;1H3;/q;-1;+1. The van der Waals surface area contributed by atoms with Crippen LogP contribution in [0.2, 0.25) is 0 Å². The van der Waals surface area contributed by atoms with Crippen molar-refractivity contribution in [1.29, 1.82) is 0 Å². The Balaban J connectivity index is 0. The SMILES string of the molecule is CC1CCCC1.[CH3-].[Li+]. The third-order valence-electron chi connectivity index (χ3n) is 1.64. The average molecular weight is 106 g/mol. The van der Waals surface area contributed by atoms with Crippen LogP contribution < -0.4 is 18.9 Å². The third kappa shape index (κ3) is 3.58. The zero-order valence-electron chi connectivity index (χ0n) is 6.41. The van der Waals surface area contributed by atoms with E-state index in [9.17, 15) is 0 Å². The summed E-state index contributed by atoms with van der Waals surface area (Å²) in [4.78, 5) is 0. The van der Waals surface area contributed by atoms with Gasteiger partial charge in [-0.2, -0.15) is 0 Å². The molecule has 0 aromatic rings. The quantitative estimate of drug-likeness (QED) is 0.292. The van der Waals surface area contributed by atoms with Gasteiger partial charge < -0.3 is 7.43 Å².